The van der Waals surface area contributed by atoms with Gasteiger partial charge in [0.2, 0.25) is 0 Å². The molecule has 4 rings (SSSR count). The van der Waals surface area contributed by atoms with Crippen LogP contribution >= 0.6 is 0 Å². The van der Waals surface area contributed by atoms with E-state index in [1.165, 1.54) is 57.8 Å². The van der Waals surface area contributed by atoms with E-state index in [4.69, 9.17) is 0 Å². The van der Waals surface area contributed by atoms with Gasteiger partial charge in [0, 0.05) is 0 Å². The van der Waals surface area contributed by atoms with Gasteiger partial charge in [-0.05, 0) is 97.7 Å². The molecule has 0 spiro atoms. The van der Waals surface area contributed by atoms with Crippen LogP contribution in [0.25, 0.3) is 0 Å². The second kappa shape index (κ2) is 9.04. The second-order valence-electron chi connectivity index (χ2n) is 12.2. The Balaban J connectivity index is 0.00000240. The number of fused-ring (bicyclic) bond motifs is 5. The van der Waals surface area contributed by atoms with Gasteiger partial charge in [-0.25, -0.2) is 0 Å². The Hall–Kier alpha value is 0.297. The van der Waals surface area contributed by atoms with Crippen LogP contribution < -0.4 is 0 Å². The van der Waals surface area contributed by atoms with Crippen LogP contribution in [0.15, 0.2) is 11.6 Å². The summed E-state index contributed by atoms with van der Waals surface area (Å²) in [7, 11) is 0. The normalized spacial score (nSPS) is 44.9. The van der Waals surface area contributed by atoms with Crippen molar-refractivity contribution in [3.05, 3.63) is 11.6 Å². The third kappa shape index (κ3) is 4.20. The first-order valence-corrected chi connectivity index (χ1v) is 12.6. The summed E-state index contributed by atoms with van der Waals surface area (Å²) in [4.78, 5) is 0. The van der Waals surface area contributed by atoms with Crippen molar-refractivity contribution in [3.63, 3.8) is 0 Å². The van der Waals surface area contributed by atoms with E-state index >= 15 is 0 Å². The summed E-state index contributed by atoms with van der Waals surface area (Å²) < 4.78 is 0. The fourth-order valence-electron chi connectivity index (χ4n) is 8.67. The molecule has 1 N–H and O–H groups in total. The maximum atomic E-state index is 10.2. The quantitative estimate of drug-likeness (QED) is 0.404. The van der Waals surface area contributed by atoms with Gasteiger partial charge in [0.15, 0.2) is 0 Å². The van der Waals surface area contributed by atoms with Gasteiger partial charge in [0.25, 0.3) is 0 Å². The van der Waals surface area contributed by atoms with E-state index in [1.54, 1.807) is 5.57 Å². The predicted molar refractivity (Wildman–Crippen MR) is 126 cm³/mol. The second-order valence-corrected chi connectivity index (χ2v) is 12.2. The van der Waals surface area contributed by atoms with Gasteiger partial charge in [0.05, 0.1) is 6.10 Å². The summed E-state index contributed by atoms with van der Waals surface area (Å²) in [6.45, 7) is 12.6. The Bertz CT molecular complexity index is 597. The first-order valence-electron chi connectivity index (χ1n) is 12.6. The van der Waals surface area contributed by atoms with Crippen molar-refractivity contribution in [1.29, 1.82) is 0 Å². The Morgan fingerprint density at radius 1 is 1.00 bits per heavy atom. The molecule has 1 nitrogen and oxygen atoms in total. The molecule has 162 valence electrons. The molecular formula is C27H47LiO. The van der Waals surface area contributed by atoms with Gasteiger partial charge in [-0.1, -0.05) is 65.5 Å². The number of allylic oxidation sites excluding steroid dienone is 1. The fraction of sp³-hybridized carbons (Fsp3) is 0.926. The van der Waals surface area contributed by atoms with E-state index in [1.807, 2.05) is 0 Å². The molecular weight excluding hydrogens is 347 g/mol. The number of hydrogen-bond acceptors (Lipinski definition) is 1. The van der Waals surface area contributed by atoms with Crippen molar-refractivity contribution in [2.75, 3.05) is 0 Å². The zero-order valence-corrected chi connectivity index (χ0v) is 19.3. The molecule has 4 aliphatic carbocycles. The van der Waals surface area contributed by atoms with E-state index in [9.17, 15) is 5.11 Å². The molecule has 8 atom stereocenters. The predicted octanol–water partition coefficient (Wildman–Crippen LogP) is 6.74. The Morgan fingerprint density at radius 2 is 1.76 bits per heavy atom. The average molecular weight is 395 g/mol. The number of aliphatic hydroxyl groups is 1. The molecule has 0 radical (unpaired) electrons. The fourth-order valence-corrected chi connectivity index (χ4v) is 8.67. The van der Waals surface area contributed by atoms with Gasteiger partial charge in [-0.15, -0.1) is 0 Å². The SMILES string of the molecule is CC(C)CCCC(C)[C@H]1CC[C@H]2[C@@H]3CC=C4C[C@@H](O)CC[C@]4(C)[C@H]3CC[C@]12C.[LiH]. The molecule has 3 fully saturated rings. The van der Waals surface area contributed by atoms with Gasteiger partial charge < -0.3 is 5.11 Å². The summed E-state index contributed by atoms with van der Waals surface area (Å²) in [5.74, 6) is 5.46. The Kier molecular flexibility index (Phi) is 7.47. The minimum absolute atomic E-state index is 0. The molecule has 3 saturated carbocycles. The summed E-state index contributed by atoms with van der Waals surface area (Å²) in [6, 6.07) is 0. The monoisotopic (exact) mass is 394 g/mol. The molecule has 0 amide bonds. The molecule has 0 aromatic rings. The molecule has 0 heterocycles. The molecule has 1 unspecified atom stereocenters. The summed E-state index contributed by atoms with van der Waals surface area (Å²) in [5.41, 5.74) is 2.60. The molecule has 0 saturated heterocycles. The van der Waals surface area contributed by atoms with Gasteiger partial charge in [-0.3, -0.25) is 0 Å². The Morgan fingerprint density at radius 3 is 2.48 bits per heavy atom. The third-order valence-corrected chi connectivity index (χ3v) is 10.3. The maximum absolute atomic E-state index is 10.2. The van der Waals surface area contributed by atoms with E-state index < -0.39 is 0 Å². The topological polar surface area (TPSA) is 20.2 Å². The van der Waals surface area contributed by atoms with Crippen LogP contribution in [0, 0.1) is 46.3 Å². The molecule has 0 bridgehead atoms. The number of aliphatic hydroxyl groups excluding tert-OH is 1. The van der Waals surface area contributed by atoms with Crippen LogP contribution in [0.5, 0.6) is 0 Å². The number of rotatable bonds is 5. The van der Waals surface area contributed by atoms with Crippen LogP contribution in [0.2, 0.25) is 0 Å². The van der Waals surface area contributed by atoms with Crippen LogP contribution in [0.3, 0.4) is 0 Å². The van der Waals surface area contributed by atoms with Crippen molar-refractivity contribution in [3.8, 4) is 0 Å². The van der Waals surface area contributed by atoms with Gasteiger partial charge >= 0.3 is 18.9 Å². The van der Waals surface area contributed by atoms with Crippen molar-refractivity contribution in [2.45, 2.75) is 111 Å². The minimum atomic E-state index is -0.0766. The van der Waals surface area contributed by atoms with Crippen molar-refractivity contribution in [1.82, 2.24) is 0 Å². The first-order chi connectivity index (χ1) is 13.3. The van der Waals surface area contributed by atoms with Crippen LogP contribution in [0.4, 0.5) is 0 Å². The van der Waals surface area contributed by atoms with E-state index in [-0.39, 0.29) is 25.0 Å². The van der Waals surface area contributed by atoms with Crippen molar-refractivity contribution >= 4 is 18.9 Å². The summed E-state index contributed by atoms with van der Waals surface area (Å²) in [6.07, 6.45) is 17.2. The molecule has 0 aromatic carbocycles. The van der Waals surface area contributed by atoms with Crippen LogP contribution in [-0.2, 0) is 0 Å². The van der Waals surface area contributed by atoms with Crippen LogP contribution in [-0.4, -0.2) is 30.1 Å². The van der Waals surface area contributed by atoms with Crippen molar-refractivity contribution < 1.29 is 5.11 Å². The summed E-state index contributed by atoms with van der Waals surface area (Å²) >= 11 is 0. The van der Waals surface area contributed by atoms with E-state index in [0.717, 1.165) is 48.3 Å². The molecule has 4 aliphatic rings. The zero-order valence-electron chi connectivity index (χ0n) is 19.3. The molecule has 0 aromatic heterocycles. The van der Waals surface area contributed by atoms with E-state index in [2.05, 4.69) is 40.7 Å². The molecule has 29 heavy (non-hydrogen) atoms. The van der Waals surface area contributed by atoms with Gasteiger partial charge in [-0.2, -0.15) is 0 Å². The standard InChI is InChI=1S/C27H46O.Li.H/c1-18(2)7-6-8-19(3)23-11-12-24-22-10-9-20-17-21(28)13-15-26(20,4)25(22)14-16-27(23,24)5;;/h9,18-19,21-25,28H,6-8,10-17H2,1-5H3;;/t19?,21-,22-,23+,24-,25-,26-,27+;;/m0../s1. The van der Waals surface area contributed by atoms with E-state index in [0.29, 0.717) is 10.8 Å². The average Bonchev–Trinajstić information content (AvgIpc) is 2.99. The zero-order chi connectivity index (χ0) is 20.1. The van der Waals surface area contributed by atoms with Crippen LogP contribution in [0.1, 0.15) is 105 Å². The number of hydrogen-bond donors (Lipinski definition) is 1. The van der Waals surface area contributed by atoms with Gasteiger partial charge in [0.1, 0.15) is 0 Å². The summed E-state index contributed by atoms with van der Waals surface area (Å²) in [5, 5.41) is 10.2. The first kappa shape index (κ1) is 24.0. The molecule has 2 heteroatoms. The third-order valence-electron chi connectivity index (χ3n) is 10.3. The Labute approximate surface area is 193 Å². The molecule has 0 aliphatic heterocycles. The van der Waals surface area contributed by atoms with Crippen molar-refractivity contribution in [2.24, 2.45) is 46.3 Å².